The molecule has 0 spiro atoms. The fourth-order valence-electron chi connectivity index (χ4n) is 1.45. The summed E-state index contributed by atoms with van der Waals surface area (Å²) in [5, 5.41) is 8.74. The standard InChI is InChI=1S/C14H20O5/c1-17-8-2-9-18-10-3-11-19-13-6-4-12(5-7-13)14(15)16/h4-7H,2-3,8-11H2,1H3,(H,15,16). The number of rotatable bonds is 10. The molecule has 0 radical (unpaired) electrons. The first-order valence-corrected chi connectivity index (χ1v) is 6.27. The smallest absolute Gasteiger partial charge is 0.335 e. The lowest BCUT2D eigenvalue weighted by atomic mass is 10.2. The van der Waals surface area contributed by atoms with Crippen LogP contribution in [0.25, 0.3) is 0 Å². The molecule has 106 valence electrons. The average Bonchev–Trinajstić information content (AvgIpc) is 2.42. The van der Waals surface area contributed by atoms with E-state index >= 15 is 0 Å². The van der Waals surface area contributed by atoms with Crippen LogP contribution in [0.5, 0.6) is 5.75 Å². The van der Waals surface area contributed by atoms with Crippen LogP contribution in [0, 0.1) is 0 Å². The zero-order chi connectivity index (χ0) is 13.9. The zero-order valence-corrected chi connectivity index (χ0v) is 11.1. The summed E-state index contributed by atoms with van der Waals surface area (Å²) in [6, 6.07) is 6.36. The summed E-state index contributed by atoms with van der Waals surface area (Å²) in [5.41, 5.74) is 0.258. The van der Waals surface area contributed by atoms with E-state index in [0.717, 1.165) is 12.8 Å². The molecule has 0 aliphatic heterocycles. The molecule has 1 rings (SSSR count). The number of aromatic carboxylic acids is 1. The van der Waals surface area contributed by atoms with Crippen LogP contribution in [0.4, 0.5) is 0 Å². The van der Waals surface area contributed by atoms with Crippen molar-refractivity contribution in [2.45, 2.75) is 12.8 Å². The minimum Gasteiger partial charge on any atom is -0.494 e. The van der Waals surface area contributed by atoms with Gasteiger partial charge < -0.3 is 19.3 Å². The van der Waals surface area contributed by atoms with Crippen LogP contribution >= 0.6 is 0 Å². The monoisotopic (exact) mass is 268 g/mol. The molecule has 5 nitrogen and oxygen atoms in total. The predicted molar refractivity (Wildman–Crippen MR) is 70.8 cm³/mol. The van der Waals surface area contributed by atoms with Gasteiger partial charge >= 0.3 is 5.97 Å². The number of benzene rings is 1. The molecule has 0 aliphatic carbocycles. The highest BCUT2D eigenvalue weighted by atomic mass is 16.5. The third kappa shape index (κ3) is 6.79. The van der Waals surface area contributed by atoms with Gasteiger partial charge in [-0.1, -0.05) is 0 Å². The number of hydrogen-bond donors (Lipinski definition) is 1. The van der Waals surface area contributed by atoms with Crippen molar-refractivity contribution in [1.82, 2.24) is 0 Å². The van der Waals surface area contributed by atoms with Crippen molar-refractivity contribution in [2.24, 2.45) is 0 Å². The topological polar surface area (TPSA) is 65.0 Å². The van der Waals surface area contributed by atoms with Gasteiger partial charge in [-0.05, 0) is 30.7 Å². The summed E-state index contributed by atoms with van der Waals surface area (Å²) in [5.74, 6) is -0.264. The molecule has 0 atom stereocenters. The average molecular weight is 268 g/mol. The number of hydrogen-bond acceptors (Lipinski definition) is 4. The van der Waals surface area contributed by atoms with E-state index in [2.05, 4.69) is 0 Å². The second kappa shape index (κ2) is 9.35. The quantitative estimate of drug-likeness (QED) is 0.659. The molecular weight excluding hydrogens is 248 g/mol. The first-order chi connectivity index (χ1) is 9.24. The molecule has 0 aliphatic rings. The molecule has 1 aromatic carbocycles. The molecule has 0 heterocycles. The Morgan fingerprint density at radius 2 is 1.68 bits per heavy atom. The lowest BCUT2D eigenvalue weighted by Gasteiger charge is -2.07. The number of carboxylic acids is 1. The molecule has 1 aromatic rings. The van der Waals surface area contributed by atoms with Gasteiger partial charge in [0.15, 0.2) is 0 Å². The second-order valence-corrected chi connectivity index (χ2v) is 3.99. The van der Waals surface area contributed by atoms with Crippen molar-refractivity contribution in [3.63, 3.8) is 0 Å². The van der Waals surface area contributed by atoms with Crippen molar-refractivity contribution in [3.8, 4) is 5.75 Å². The van der Waals surface area contributed by atoms with Crippen LogP contribution in [0.3, 0.4) is 0 Å². The van der Waals surface area contributed by atoms with Crippen LogP contribution in [0.15, 0.2) is 24.3 Å². The SMILES string of the molecule is COCCCOCCCOc1ccc(C(=O)O)cc1. The third-order valence-electron chi connectivity index (χ3n) is 2.44. The minimum atomic E-state index is -0.934. The van der Waals surface area contributed by atoms with Crippen molar-refractivity contribution in [2.75, 3.05) is 33.5 Å². The Balaban J connectivity index is 2.07. The highest BCUT2D eigenvalue weighted by Gasteiger charge is 2.01. The molecule has 0 bridgehead atoms. The van der Waals surface area contributed by atoms with Crippen molar-refractivity contribution >= 4 is 5.97 Å². The van der Waals surface area contributed by atoms with E-state index in [-0.39, 0.29) is 5.56 Å². The van der Waals surface area contributed by atoms with Crippen molar-refractivity contribution in [1.29, 1.82) is 0 Å². The summed E-state index contributed by atoms with van der Waals surface area (Å²) in [7, 11) is 1.67. The van der Waals surface area contributed by atoms with Gasteiger partial charge in [0.05, 0.1) is 12.2 Å². The predicted octanol–water partition coefficient (Wildman–Crippen LogP) is 2.21. The van der Waals surface area contributed by atoms with Crippen molar-refractivity contribution in [3.05, 3.63) is 29.8 Å². The lowest BCUT2D eigenvalue weighted by Crippen LogP contribution is -2.05. The van der Waals surface area contributed by atoms with Crippen LogP contribution < -0.4 is 4.74 Å². The molecule has 0 saturated carbocycles. The molecule has 0 fully saturated rings. The van der Waals surface area contributed by atoms with Gasteiger partial charge in [0.1, 0.15) is 5.75 Å². The van der Waals surface area contributed by atoms with E-state index in [1.54, 1.807) is 19.2 Å². The van der Waals surface area contributed by atoms with Crippen molar-refractivity contribution < 1.29 is 24.1 Å². The van der Waals surface area contributed by atoms with E-state index in [4.69, 9.17) is 19.3 Å². The van der Waals surface area contributed by atoms with Gasteiger partial charge in [-0.3, -0.25) is 0 Å². The third-order valence-corrected chi connectivity index (χ3v) is 2.44. The second-order valence-electron chi connectivity index (χ2n) is 3.99. The first kappa shape index (κ1) is 15.5. The normalized spacial score (nSPS) is 10.4. The van der Waals surface area contributed by atoms with Crippen LogP contribution in [0.1, 0.15) is 23.2 Å². The molecule has 0 saturated heterocycles. The maximum Gasteiger partial charge on any atom is 0.335 e. The fourth-order valence-corrected chi connectivity index (χ4v) is 1.45. The van der Waals surface area contributed by atoms with Crippen LogP contribution in [-0.2, 0) is 9.47 Å². The number of carbonyl (C=O) groups is 1. The number of methoxy groups -OCH3 is 1. The molecule has 1 N–H and O–H groups in total. The molecule has 0 unspecified atom stereocenters. The van der Waals surface area contributed by atoms with E-state index in [1.165, 1.54) is 12.1 Å². The van der Waals surface area contributed by atoms with Gasteiger partial charge in [0, 0.05) is 33.4 Å². The number of ether oxygens (including phenoxy) is 3. The van der Waals surface area contributed by atoms with E-state index < -0.39 is 5.97 Å². The molecule has 0 amide bonds. The molecule has 19 heavy (non-hydrogen) atoms. The summed E-state index contributed by atoms with van der Waals surface area (Å²) in [4.78, 5) is 10.7. The Morgan fingerprint density at radius 3 is 2.26 bits per heavy atom. The highest BCUT2D eigenvalue weighted by molar-refractivity contribution is 5.87. The molecule has 5 heteroatoms. The molecular formula is C14H20O5. The van der Waals surface area contributed by atoms with Gasteiger partial charge in [-0.2, -0.15) is 0 Å². The van der Waals surface area contributed by atoms with Crippen LogP contribution in [-0.4, -0.2) is 44.6 Å². The lowest BCUT2D eigenvalue weighted by molar-refractivity contribution is 0.0697. The summed E-state index contributed by atoms with van der Waals surface area (Å²) in [6.45, 7) is 2.61. The summed E-state index contributed by atoms with van der Waals surface area (Å²) < 4.78 is 15.8. The Labute approximate surface area is 113 Å². The Hall–Kier alpha value is -1.59. The fraction of sp³-hybridized carbons (Fsp3) is 0.500. The Bertz CT molecular complexity index is 361. The minimum absolute atomic E-state index is 0.258. The maximum atomic E-state index is 10.7. The van der Waals surface area contributed by atoms with Gasteiger partial charge in [0.25, 0.3) is 0 Å². The van der Waals surface area contributed by atoms with Gasteiger partial charge in [0.2, 0.25) is 0 Å². The maximum absolute atomic E-state index is 10.7. The first-order valence-electron chi connectivity index (χ1n) is 6.27. The molecule has 0 aromatic heterocycles. The van der Waals surface area contributed by atoms with E-state index in [0.29, 0.717) is 32.2 Å². The van der Waals surface area contributed by atoms with Gasteiger partial charge in [-0.25, -0.2) is 4.79 Å². The Morgan fingerprint density at radius 1 is 1.05 bits per heavy atom. The number of carboxylic acid groups (broad SMARTS) is 1. The van der Waals surface area contributed by atoms with Gasteiger partial charge in [-0.15, -0.1) is 0 Å². The highest BCUT2D eigenvalue weighted by Crippen LogP contribution is 2.12. The van der Waals surface area contributed by atoms with E-state index in [9.17, 15) is 4.79 Å². The van der Waals surface area contributed by atoms with E-state index in [1.807, 2.05) is 0 Å². The zero-order valence-electron chi connectivity index (χ0n) is 11.1. The largest absolute Gasteiger partial charge is 0.494 e. The van der Waals surface area contributed by atoms with Crippen LogP contribution in [0.2, 0.25) is 0 Å². The summed E-state index contributed by atoms with van der Waals surface area (Å²) >= 11 is 0. The Kier molecular flexibility index (Phi) is 7.62. The summed E-state index contributed by atoms with van der Waals surface area (Å²) in [6.07, 6.45) is 1.70.